The Morgan fingerprint density at radius 1 is 1.04 bits per heavy atom. The van der Waals surface area contributed by atoms with Crippen LogP contribution in [-0.4, -0.2) is 24.1 Å². The average molecular weight is 350 g/mol. The van der Waals surface area contributed by atoms with Crippen LogP contribution in [0.4, 0.5) is 11.4 Å². The summed E-state index contributed by atoms with van der Waals surface area (Å²) in [5, 5.41) is 2.84. The molecule has 0 unspecified atom stereocenters. The summed E-state index contributed by atoms with van der Waals surface area (Å²) in [6, 6.07) is 12.9. The number of amides is 2. The smallest absolute Gasteiger partial charge is 0.224 e. The first kappa shape index (κ1) is 17.9. The second-order valence-electron chi connectivity index (χ2n) is 6.60. The number of benzene rings is 2. The van der Waals surface area contributed by atoms with E-state index in [0.717, 1.165) is 23.2 Å². The fraction of sp³-hybridized carbons (Fsp3) is 0.286. The molecule has 26 heavy (non-hydrogen) atoms. The molecule has 1 N–H and O–H groups in total. The lowest BCUT2D eigenvalue weighted by Gasteiger charge is -2.15. The van der Waals surface area contributed by atoms with Gasteiger partial charge in [-0.1, -0.05) is 29.8 Å². The fourth-order valence-corrected chi connectivity index (χ4v) is 3.14. The number of ketones is 1. The maximum absolute atomic E-state index is 12.1. The summed E-state index contributed by atoms with van der Waals surface area (Å²) < 4.78 is 0. The van der Waals surface area contributed by atoms with E-state index in [0.29, 0.717) is 17.8 Å². The van der Waals surface area contributed by atoms with Gasteiger partial charge in [0.05, 0.1) is 0 Å². The Morgan fingerprint density at radius 3 is 2.46 bits per heavy atom. The standard InChI is InChI=1S/C21H22N2O3/c1-14-3-5-16(6-4-14)20(25)9-10-21(26)22-18-7-8-19-17(13-18)11-12-23(19)15(2)24/h3-8,13H,9-12H2,1-2H3,(H,22,26). The fourth-order valence-electron chi connectivity index (χ4n) is 3.14. The molecule has 3 rings (SSSR count). The number of hydrogen-bond acceptors (Lipinski definition) is 3. The third-order valence-electron chi connectivity index (χ3n) is 4.59. The Kier molecular flexibility index (Phi) is 5.16. The summed E-state index contributed by atoms with van der Waals surface area (Å²) in [6.45, 7) is 4.19. The van der Waals surface area contributed by atoms with Crippen molar-refractivity contribution in [1.29, 1.82) is 0 Å². The van der Waals surface area contributed by atoms with Gasteiger partial charge in [0.15, 0.2) is 5.78 Å². The number of nitrogens with one attached hydrogen (secondary N) is 1. The number of nitrogens with zero attached hydrogens (tertiary/aromatic N) is 1. The molecule has 2 aromatic rings. The number of carbonyl (C=O) groups is 3. The Balaban J connectivity index is 1.56. The van der Waals surface area contributed by atoms with E-state index in [1.165, 1.54) is 0 Å². The largest absolute Gasteiger partial charge is 0.326 e. The predicted octanol–water partition coefficient (Wildman–Crippen LogP) is 3.51. The lowest BCUT2D eigenvalue weighted by molar-refractivity contribution is -0.117. The van der Waals surface area contributed by atoms with E-state index in [-0.39, 0.29) is 30.4 Å². The van der Waals surface area contributed by atoms with Gasteiger partial charge in [0.25, 0.3) is 0 Å². The molecule has 0 fully saturated rings. The summed E-state index contributed by atoms with van der Waals surface area (Å²) >= 11 is 0. The normalized spacial score (nSPS) is 12.6. The van der Waals surface area contributed by atoms with Gasteiger partial charge in [0.1, 0.15) is 0 Å². The molecule has 1 aliphatic heterocycles. The first-order valence-corrected chi connectivity index (χ1v) is 8.75. The van der Waals surface area contributed by atoms with E-state index < -0.39 is 0 Å². The predicted molar refractivity (Wildman–Crippen MR) is 102 cm³/mol. The second kappa shape index (κ2) is 7.52. The first-order chi connectivity index (χ1) is 12.4. The van der Waals surface area contributed by atoms with Gasteiger partial charge in [-0.2, -0.15) is 0 Å². The molecule has 0 atom stereocenters. The van der Waals surface area contributed by atoms with Crippen LogP contribution in [0, 0.1) is 6.92 Å². The molecule has 0 spiro atoms. The maximum atomic E-state index is 12.1. The van der Waals surface area contributed by atoms with Crippen LogP contribution in [-0.2, 0) is 16.0 Å². The molecule has 1 heterocycles. The minimum atomic E-state index is -0.188. The van der Waals surface area contributed by atoms with Crippen LogP contribution in [0.3, 0.4) is 0 Å². The van der Waals surface area contributed by atoms with E-state index in [1.54, 1.807) is 30.0 Å². The topological polar surface area (TPSA) is 66.5 Å². The average Bonchev–Trinajstić information content (AvgIpc) is 3.03. The number of fused-ring (bicyclic) bond motifs is 1. The van der Waals surface area contributed by atoms with Crippen LogP contribution >= 0.6 is 0 Å². The third-order valence-corrected chi connectivity index (χ3v) is 4.59. The van der Waals surface area contributed by atoms with Crippen molar-refractivity contribution >= 4 is 29.0 Å². The summed E-state index contributed by atoms with van der Waals surface area (Å²) in [4.78, 5) is 37.6. The minimum Gasteiger partial charge on any atom is -0.326 e. The van der Waals surface area contributed by atoms with E-state index in [1.807, 2.05) is 31.2 Å². The van der Waals surface area contributed by atoms with Gasteiger partial charge in [-0.25, -0.2) is 0 Å². The van der Waals surface area contributed by atoms with Crippen molar-refractivity contribution in [2.45, 2.75) is 33.1 Å². The molecule has 0 aliphatic carbocycles. The van der Waals surface area contributed by atoms with Crippen molar-refractivity contribution in [3.05, 3.63) is 59.2 Å². The highest BCUT2D eigenvalue weighted by atomic mass is 16.2. The van der Waals surface area contributed by atoms with Gasteiger partial charge in [-0.05, 0) is 37.1 Å². The van der Waals surface area contributed by atoms with Crippen LogP contribution in [0.2, 0.25) is 0 Å². The number of anilines is 2. The molecule has 1 aliphatic rings. The molecular weight excluding hydrogens is 328 g/mol. The highest BCUT2D eigenvalue weighted by Gasteiger charge is 2.22. The molecule has 0 saturated carbocycles. The van der Waals surface area contributed by atoms with E-state index >= 15 is 0 Å². The molecule has 2 amide bonds. The quantitative estimate of drug-likeness (QED) is 0.839. The molecule has 0 aromatic heterocycles. The molecule has 0 radical (unpaired) electrons. The lowest BCUT2D eigenvalue weighted by atomic mass is 10.0. The van der Waals surface area contributed by atoms with Crippen molar-refractivity contribution in [1.82, 2.24) is 0 Å². The number of carbonyl (C=O) groups excluding carboxylic acids is 3. The van der Waals surface area contributed by atoms with Gasteiger partial charge >= 0.3 is 0 Å². The summed E-state index contributed by atoms with van der Waals surface area (Å²) in [5.41, 5.74) is 4.38. The first-order valence-electron chi connectivity index (χ1n) is 8.75. The van der Waals surface area contributed by atoms with Crippen molar-refractivity contribution in [3.63, 3.8) is 0 Å². The third kappa shape index (κ3) is 3.99. The zero-order chi connectivity index (χ0) is 18.7. The van der Waals surface area contributed by atoms with Crippen molar-refractivity contribution in [2.75, 3.05) is 16.8 Å². The van der Waals surface area contributed by atoms with Gasteiger partial charge < -0.3 is 10.2 Å². The summed E-state index contributed by atoms with van der Waals surface area (Å²) in [7, 11) is 0. The second-order valence-corrected chi connectivity index (χ2v) is 6.60. The number of Topliss-reactive ketones (excluding diaryl/α,β-unsaturated/α-hetero) is 1. The molecule has 5 heteroatoms. The van der Waals surface area contributed by atoms with Gasteiger partial charge in [-0.3, -0.25) is 14.4 Å². The van der Waals surface area contributed by atoms with E-state index in [4.69, 9.17) is 0 Å². The Hall–Kier alpha value is -2.95. The van der Waals surface area contributed by atoms with Crippen molar-refractivity contribution in [2.24, 2.45) is 0 Å². The highest BCUT2D eigenvalue weighted by molar-refractivity contribution is 6.00. The molecular formula is C21H22N2O3. The summed E-state index contributed by atoms with van der Waals surface area (Å²) in [5.74, 6) is -0.201. The van der Waals surface area contributed by atoms with Crippen LogP contribution in [0.5, 0.6) is 0 Å². The van der Waals surface area contributed by atoms with Crippen molar-refractivity contribution in [3.8, 4) is 0 Å². The Morgan fingerprint density at radius 2 is 1.77 bits per heavy atom. The van der Waals surface area contributed by atoms with Crippen LogP contribution in [0.25, 0.3) is 0 Å². The SMILES string of the molecule is CC(=O)N1CCc2cc(NC(=O)CCC(=O)c3ccc(C)cc3)ccc21. The monoisotopic (exact) mass is 350 g/mol. The number of rotatable bonds is 5. The van der Waals surface area contributed by atoms with Gasteiger partial charge in [-0.15, -0.1) is 0 Å². The molecule has 2 aromatic carbocycles. The van der Waals surface area contributed by atoms with Crippen LogP contribution in [0.15, 0.2) is 42.5 Å². The number of hydrogen-bond donors (Lipinski definition) is 1. The van der Waals surface area contributed by atoms with Crippen molar-refractivity contribution < 1.29 is 14.4 Å². The van der Waals surface area contributed by atoms with Crippen LogP contribution in [0.1, 0.15) is 41.3 Å². The minimum absolute atomic E-state index is 0.0233. The zero-order valence-corrected chi connectivity index (χ0v) is 15.0. The molecule has 0 bridgehead atoms. The maximum Gasteiger partial charge on any atom is 0.224 e. The molecule has 134 valence electrons. The zero-order valence-electron chi connectivity index (χ0n) is 15.0. The molecule has 0 saturated heterocycles. The van der Waals surface area contributed by atoms with Crippen LogP contribution < -0.4 is 10.2 Å². The van der Waals surface area contributed by atoms with Gasteiger partial charge in [0.2, 0.25) is 11.8 Å². The number of aryl methyl sites for hydroxylation is 1. The van der Waals surface area contributed by atoms with E-state index in [9.17, 15) is 14.4 Å². The lowest BCUT2D eigenvalue weighted by Crippen LogP contribution is -2.25. The summed E-state index contributed by atoms with van der Waals surface area (Å²) in [6.07, 6.45) is 1.10. The Bertz CT molecular complexity index is 856. The highest BCUT2D eigenvalue weighted by Crippen LogP contribution is 2.30. The van der Waals surface area contributed by atoms with E-state index in [2.05, 4.69) is 5.32 Å². The van der Waals surface area contributed by atoms with Gasteiger partial charge in [0, 0.05) is 43.2 Å². The Labute approximate surface area is 153 Å². The molecule has 5 nitrogen and oxygen atoms in total.